The number of nitrogen functional groups attached to an aromatic ring is 1. The molecule has 0 aromatic heterocycles. The first-order valence-electron chi connectivity index (χ1n) is 6.20. The van der Waals surface area contributed by atoms with E-state index < -0.39 is 23.6 Å². The molecule has 0 spiro atoms. The molecule has 1 amide bonds. The van der Waals surface area contributed by atoms with Crippen LogP contribution in [0.4, 0.5) is 14.5 Å². The largest absolute Gasteiger partial charge is 0.396 e. The number of hydrogen-bond acceptors (Lipinski definition) is 2. The van der Waals surface area contributed by atoms with Crippen molar-refractivity contribution in [2.45, 2.75) is 13.0 Å². The summed E-state index contributed by atoms with van der Waals surface area (Å²) in [5.74, 6) is -2.56. The van der Waals surface area contributed by atoms with Gasteiger partial charge in [0.25, 0.3) is 5.91 Å². The lowest BCUT2D eigenvalue weighted by Crippen LogP contribution is -2.27. The first kappa shape index (κ1) is 15.3. The lowest BCUT2D eigenvalue weighted by atomic mass is 10.1. The summed E-state index contributed by atoms with van der Waals surface area (Å²) in [7, 11) is 0. The highest BCUT2D eigenvalue weighted by molar-refractivity contribution is 6.31. The second-order valence-electron chi connectivity index (χ2n) is 4.57. The Labute approximate surface area is 125 Å². The van der Waals surface area contributed by atoms with Crippen molar-refractivity contribution in [2.24, 2.45) is 0 Å². The van der Waals surface area contributed by atoms with E-state index in [0.717, 1.165) is 6.07 Å². The Morgan fingerprint density at radius 2 is 1.90 bits per heavy atom. The fraction of sp³-hybridized carbons (Fsp3) is 0.133. The molecule has 1 atom stereocenters. The molecule has 0 aliphatic carbocycles. The van der Waals surface area contributed by atoms with Gasteiger partial charge in [-0.1, -0.05) is 29.8 Å². The van der Waals surface area contributed by atoms with Crippen LogP contribution < -0.4 is 11.1 Å². The second kappa shape index (κ2) is 6.10. The van der Waals surface area contributed by atoms with Gasteiger partial charge in [-0.25, -0.2) is 8.78 Å². The SMILES string of the molecule is CC(NC(=O)c1cc(N)c(F)cc1F)c1ccccc1Cl. The molecule has 21 heavy (non-hydrogen) atoms. The van der Waals surface area contributed by atoms with E-state index in [1.807, 2.05) is 0 Å². The average Bonchev–Trinajstić information content (AvgIpc) is 2.43. The average molecular weight is 311 g/mol. The monoisotopic (exact) mass is 310 g/mol. The van der Waals surface area contributed by atoms with Gasteiger partial charge in [-0.3, -0.25) is 4.79 Å². The van der Waals surface area contributed by atoms with Crippen molar-refractivity contribution in [3.8, 4) is 0 Å². The minimum atomic E-state index is -0.967. The van der Waals surface area contributed by atoms with Crippen molar-refractivity contribution in [2.75, 3.05) is 5.73 Å². The predicted molar refractivity (Wildman–Crippen MR) is 78.1 cm³/mol. The quantitative estimate of drug-likeness (QED) is 0.849. The fourth-order valence-corrected chi connectivity index (χ4v) is 2.22. The van der Waals surface area contributed by atoms with E-state index in [1.54, 1.807) is 31.2 Å². The molecule has 2 rings (SSSR count). The summed E-state index contributed by atoms with van der Waals surface area (Å²) in [6.45, 7) is 1.71. The van der Waals surface area contributed by atoms with Gasteiger partial charge in [0.05, 0.1) is 17.3 Å². The first-order chi connectivity index (χ1) is 9.90. The second-order valence-corrected chi connectivity index (χ2v) is 4.98. The number of anilines is 1. The van der Waals surface area contributed by atoms with Crippen molar-refractivity contribution >= 4 is 23.2 Å². The number of hydrogen-bond donors (Lipinski definition) is 2. The van der Waals surface area contributed by atoms with Gasteiger partial charge in [0, 0.05) is 11.1 Å². The van der Waals surface area contributed by atoms with Crippen LogP contribution in [-0.2, 0) is 0 Å². The van der Waals surface area contributed by atoms with E-state index in [9.17, 15) is 13.6 Å². The lowest BCUT2D eigenvalue weighted by molar-refractivity contribution is 0.0936. The Morgan fingerprint density at radius 3 is 2.57 bits per heavy atom. The van der Waals surface area contributed by atoms with Crippen LogP contribution in [0.3, 0.4) is 0 Å². The maximum absolute atomic E-state index is 13.6. The topological polar surface area (TPSA) is 55.1 Å². The summed E-state index contributed by atoms with van der Waals surface area (Å²) in [5, 5.41) is 3.09. The molecular formula is C15H13ClF2N2O. The highest BCUT2D eigenvalue weighted by Crippen LogP contribution is 2.23. The molecule has 6 heteroatoms. The lowest BCUT2D eigenvalue weighted by Gasteiger charge is -2.16. The van der Waals surface area contributed by atoms with Crippen LogP contribution in [0.25, 0.3) is 0 Å². The smallest absolute Gasteiger partial charge is 0.254 e. The minimum absolute atomic E-state index is 0.285. The molecule has 110 valence electrons. The molecule has 0 bridgehead atoms. The third kappa shape index (κ3) is 3.31. The van der Waals surface area contributed by atoms with Gasteiger partial charge < -0.3 is 11.1 Å². The molecule has 0 fully saturated rings. The molecule has 0 aliphatic heterocycles. The van der Waals surface area contributed by atoms with E-state index in [1.165, 1.54) is 0 Å². The zero-order valence-electron chi connectivity index (χ0n) is 11.2. The van der Waals surface area contributed by atoms with Crippen molar-refractivity contribution in [3.63, 3.8) is 0 Å². The molecule has 1 unspecified atom stereocenters. The Bertz CT molecular complexity index is 691. The van der Waals surface area contributed by atoms with Gasteiger partial charge in [-0.2, -0.15) is 0 Å². The predicted octanol–water partition coefficient (Wildman–Crippen LogP) is 3.69. The summed E-state index contributed by atoms with van der Waals surface area (Å²) in [5.41, 5.74) is 5.45. The highest BCUT2D eigenvalue weighted by Gasteiger charge is 2.18. The molecule has 2 aromatic carbocycles. The summed E-state index contributed by atoms with van der Waals surface area (Å²) in [4.78, 5) is 12.1. The summed E-state index contributed by atoms with van der Waals surface area (Å²) >= 11 is 6.03. The van der Waals surface area contributed by atoms with E-state index >= 15 is 0 Å². The van der Waals surface area contributed by atoms with E-state index in [-0.39, 0.29) is 11.3 Å². The molecule has 0 saturated carbocycles. The number of benzene rings is 2. The van der Waals surface area contributed by atoms with Crippen molar-refractivity contribution < 1.29 is 13.6 Å². The van der Waals surface area contributed by atoms with Gasteiger partial charge in [-0.15, -0.1) is 0 Å². The van der Waals surface area contributed by atoms with Gasteiger partial charge in [0.1, 0.15) is 11.6 Å². The van der Waals surface area contributed by atoms with Gasteiger partial charge in [0.15, 0.2) is 0 Å². The molecule has 3 N–H and O–H groups in total. The maximum Gasteiger partial charge on any atom is 0.254 e. The maximum atomic E-state index is 13.6. The van der Waals surface area contributed by atoms with Crippen LogP contribution in [0.2, 0.25) is 5.02 Å². The van der Waals surface area contributed by atoms with Crippen molar-refractivity contribution in [3.05, 3.63) is 64.2 Å². The fourth-order valence-electron chi connectivity index (χ4n) is 1.92. The van der Waals surface area contributed by atoms with Crippen LogP contribution in [0, 0.1) is 11.6 Å². The highest BCUT2D eigenvalue weighted by atomic mass is 35.5. The Morgan fingerprint density at radius 1 is 1.24 bits per heavy atom. The molecule has 3 nitrogen and oxygen atoms in total. The normalized spacial score (nSPS) is 12.0. The molecule has 0 saturated heterocycles. The molecular weight excluding hydrogens is 298 g/mol. The van der Waals surface area contributed by atoms with E-state index in [4.69, 9.17) is 17.3 Å². The molecule has 0 radical (unpaired) electrons. The first-order valence-corrected chi connectivity index (χ1v) is 6.57. The number of carbonyl (C=O) groups excluding carboxylic acids is 1. The van der Waals surface area contributed by atoms with Crippen LogP contribution in [0.5, 0.6) is 0 Å². The number of halogens is 3. The van der Waals surface area contributed by atoms with Crippen molar-refractivity contribution in [1.82, 2.24) is 5.32 Å². The zero-order valence-corrected chi connectivity index (χ0v) is 11.9. The van der Waals surface area contributed by atoms with Crippen LogP contribution in [0.15, 0.2) is 36.4 Å². The summed E-state index contributed by atoms with van der Waals surface area (Å²) < 4.78 is 26.7. The Balaban J connectivity index is 2.22. The van der Waals surface area contributed by atoms with Gasteiger partial charge >= 0.3 is 0 Å². The Kier molecular flexibility index (Phi) is 4.43. The number of carbonyl (C=O) groups is 1. The van der Waals surface area contributed by atoms with Crippen LogP contribution in [-0.4, -0.2) is 5.91 Å². The zero-order chi connectivity index (χ0) is 15.6. The Hall–Kier alpha value is -2.14. The van der Waals surface area contributed by atoms with Crippen LogP contribution >= 0.6 is 11.6 Å². The number of rotatable bonds is 3. The number of amides is 1. The summed E-state index contributed by atoms with van der Waals surface area (Å²) in [6, 6.07) is 8.11. The van der Waals surface area contributed by atoms with Gasteiger partial charge in [-0.05, 0) is 24.6 Å². The van der Waals surface area contributed by atoms with E-state index in [0.29, 0.717) is 16.7 Å². The standard InChI is InChI=1S/C15H13ClF2N2O/c1-8(9-4-2-3-5-11(9)16)20-15(21)10-6-14(19)13(18)7-12(10)17/h2-8H,19H2,1H3,(H,20,21). The number of nitrogens with one attached hydrogen (secondary N) is 1. The molecule has 0 heterocycles. The third-order valence-electron chi connectivity index (χ3n) is 3.05. The van der Waals surface area contributed by atoms with Gasteiger partial charge in [0.2, 0.25) is 0 Å². The van der Waals surface area contributed by atoms with Crippen LogP contribution in [0.1, 0.15) is 28.9 Å². The summed E-state index contributed by atoms with van der Waals surface area (Å²) in [6.07, 6.45) is 0. The van der Waals surface area contributed by atoms with Crippen molar-refractivity contribution in [1.29, 1.82) is 0 Å². The minimum Gasteiger partial charge on any atom is -0.396 e. The van der Waals surface area contributed by atoms with E-state index in [2.05, 4.69) is 5.32 Å². The number of nitrogens with two attached hydrogens (primary N) is 1. The molecule has 2 aromatic rings. The molecule has 0 aliphatic rings. The third-order valence-corrected chi connectivity index (χ3v) is 3.39.